The fourth-order valence-electron chi connectivity index (χ4n) is 3.55. The van der Waals surface area contributed by atoms with E-state index < -0.39 is 0 Å². The van der Waals surface area contributed by atoms with Crippen LogP contribution in [-0.4, -0.2) is 37.2 Å². The maximum atomic E-state index is 12.2. The van der Waals surface area contributed by atoms with Crippen LogP contribution in [0.5, 0.6) is 0 Å². The van der Waals surface area contributed by atoms with E-state index in [2.05, 4.69) is 36.0 Å². The second-order valence-corrected chi connectivity index (χ2v) is 9.32. The van der Waals surface area contributed by atoms with Gasteiger partial charge in [-0.25, -0.2) is 0 Å². The maximum absolute atomic E-state index is 12.2. The fourth-order valence-corrected chi connectivity index (χ4v) is 5.36. The number of hydrogen-bond donors (Lipinski definition) is 2. The molecule has 30 heavy (non-hydrogen) atoms. The van der Waals surface area contributed by atoms with Crippen LogP contribution in [0.15, 0.2) is 24.4 Å². The Balaban J connectivity index is 1.27. The van der Waals surface area contributed by atoms with Crippen molar-refractivity contribution in [1.29, 1.82) is 0 Å². The number of carbonyl (C=O) groups excluding carboxylic acids is 2. The van der Waals surface area contributed by atoms with Gasteiger partial charge in [0.05, 0.1) is 6.42 Å². The van der Waals surface area contributed by atoms with Gasteiger partial charge in [-0.3, -0.25) is 14.6 Å². The summed E-state index contributed by atoms with van der Waals surface area (Å²) in [6.07, 6.45) is 5.86. The molecule has 3 aromatic rings. The van der Waals surface area contributed by atoms with E-state index >= 15 is 0 Å². The summed E-state index contributed by atoms with van der Waals surface area (Å²) in [7, 11) is 0. The Morgan fingerprint density at radius 3 is 2.70 bits per heavy atom. The van der Waals surface area contributed by atoms with Gasteiger partial charge < -0.3 is 10.6 Å². The maximum Gasteiger partial charge on any atom is 0.232 e. The first-order valence-electron chi connectivity index (χ1n) is 9.68. The van der Waals surface area contributed by atoms with E-state index in [-0.39, 0.29) is 18.2 Å². The van der Waals surface area contributed by atoms with Crippen molar-refractivity contribution in [2.24, 2.45) is 5.92 Å². The molecule has 1 unspecified atom stereocenters. The number of amides is 2. The Hall–Kier alpha value is -2.79. The van der Waals surface area contributed by atoms with Crippen molar-refractivity contribution in [3.05, 3.63) is 40.1 Å². The number of nitrogens with one attached hydrogen (secondary N) is 2. The molecule has 0 aromatic carbocycles. The van der Waals surface area contributed by atoms with E-state index in [1.54, 1.807) is 6.20 Å². The van der Waals surface area contributed by atoms with Crippen LogP contribution in [0.1, 0.15) is 47.8 Å². The van der Waals surface area contributed by atoms with Crippen LogP contribution in [0.4, 0.5) is 10.3 Å². The van der Waals surface area contributed by atoms with Gasteiger partial charge in [0.25, 0.3) is 0 Å². The minimum absolute atomic E-state index is 0.138. The molecule has 11 heteroatoms. The lowest BCUT2D eigenvalue weighted by molar-refractivity contribution is -0.116. The highest BCUT2D eigenvalue weighted by atomic mass is 32.1. The average molecular weight is 444 g/mol. The van der Waals surface area contributed by atoms with Crippen molar-refractivity contribution in [3.8, 4) is 0 Å². The summed E-state index contributed by atoms with van der Waals surface area (Å²) < 4.78 is 0. The molecule has 0 spiro atoms. The number of rotatable bonds is 7. The highest BCUT2D eigenvalue weighted by Gasteiger charge is 2.29. The molecule has 1 fully saturated rings. The number of hydrogen-bond acceptors (Lipinski definition) is 9. The predicted octanol–water partition coefficient (Wildman–Crippen LogP) is 3.05. The van der Waals surface area contributed by atoms with Gasteiger partial charge in [-0.1, -0.05) is 28.7 Å². The number of anilines is 2. The van der Waals surface area contributed by atoms with Gasteiger partial charge in [0.2, 0.25) is 22.1 Å². The van der Waals surface area contributed by atoms with Crippen LogP contribution in [0.25, 0.3) is 0 Å². The quantitative estimate of drug-likeness (QED) is 0.575. The smallest absolute Gasteiger partial charge is 0.232 e. The van der Waals surface area contributed by atoms with Crippen molar-refractivity contribution in [3.63, 3.8) is 0 Å². The molecule has 156 valence electrons. The molecule has 1 saturated carbocycles. The summed E-state index contributed by atoms with van der Waals surface area (Å²) in [6.45, 7) is 1.46. The third-order valence-electron chi connectivity index (χ3n) is 4.86. The Labute approximate surface area is 181 Å². The third-order valence-corrected chi connectivity index (χ3v) is 6.72. The van der Waals surface area contributed by atoms with Gasteiger partial charge in [0.15, 0.2) is 0 Å². The summed E-state index contributed by atoms with van der Waals surface area (Å²) in [4.78, 5) is 27.5. The van der Waals surface area contributed by atoms with Crippen molar-refractivity contribution in [1.82, 2.24) is 25.4 Å². The van der Waals surface area contributed by atoms with Crippen LogP contribution in [0.3, 0.4) is 0 Å². The molecule has 0 aliphatic heterocycles. The highest BCUT2D eigenvalue weighted by molar-refractivity contribution is 7.15. The van der Waals surface area contributed by atoms with Crippen LogP contribution in [0.2, 0.25) is 0 Å². The molecule has 2 N–H and O–H groups in total. The van der Waals surface area contributed by atoms with E-state index in [9.17, 15) is 9.59 Å². The van der Waals surface area contributed by atoms with Crippen molar-refractivity contribution < 1.29 is 9.59 Å². The van der Waals surface area contributed by atoms with Crippen molar-refractivity contribution in [2.45, 2.75) is 44.9 Å². The number of pyridine rings is 1. The number of aromatic nitrogens is 5. The fraction of sp³-hybridized carbons (Fsp3) is 0.421. The van der Waals surface area contributed by atoms with Gasteiger partial charge in [0, 0.05) is 31.2 Å². The van der Waals surface area contributed by atoms with E-state index in [0.717, 1.165) is 41.4 Å². The molecule has 2 atom stereocenters. The zero-order valence-corrected chi connectivity index (χ0v) is 18.0. The standard InChI is InChI=1S/C19H21N7O2S2/c1-11(27)21-18-26-24-17(30-18)13-6-5-12(8-13)9-16-23-25-19(29-16)22-15(28)10-14-4-2-3-7-20-14/h2-4,7,12-13H,5-6,8-10H2,1H3,(H,21,26,27)(H,22,25,28)/t12?,13-/m1/s1. The first-order chi connectivity index (χ1) is 14.5. The lowest BCUT2D eigenvalue weighted by Gasteiger charge is -2.06. The van der Waals surface area contributed by atoms with Gasteiger partial charge in [0.1, 0.15) is 10.0 Å². The molecule has 4 rings (SSSR count). The normalized spacial score (nSPS) is 18.3. The lowest BCUT2D eigenvalue weighted by Crippen LogP contribution is -2.14. The van der Waals surface area contributed by atoms with E-state index in [1.165, 1.54) is 29.6 Å². The Morgan fingerprint density at radius 2 is 1.90 bits per heavy atom. The Bertz CT molecular complexity index is 1020. The molecule has 1 aliphatic rings. The molecule has 0 saturated heterocycles. The lowest BCUT2D eigenvalue weighted by atomic mass is 10.0. The molecule has 3 heterocycles. The number of nitrogens with zero attached hydrogens (tertiary/aromatic N) is 5. The first-order valence-corrected chi connectivity index (χ1v) is 11.3. The zero-order valence-electron chi connectivity index (χ0n) is 16.4. The largest absolute Gasteiger partial charge is 0.301 e. The minimum Gasteiger partial charge on any atom is -0.301 e. The molecule has 9 nitrogen and oxygen atoms in total. The molecular formula is C19H21N7O2S2. The molecule has 1 aliphatic carbocycles. The monoisotopic (exact) mass is 443 g/mol. The molecule has 3 aromatic heterocycles. The molecule has 2 amide bonds. The van der Waals surface area contributed by atoms with Gasteiger partial charge in [-0.05, 0) is 37.3 Å². The van der Waals surface area contributed by atoms with Crippen LogP contribution in [-0.2, 0) is 22.4 Å². The topological polar surface area (TPSA) is 123 Å². The van der Waals surface area contributed by atoms with E-state index in [4.69, 9.17) is 0 Å². The predicted molar refractivity (Wildman–Crippen MR) is 114 cm³/mol. The minimum atomic E-state index is -0.149. The van der Waals surface area contributed by atoms with Crippen LogP contribution in [0, 0.1) is 5.92 Å². The van der Waals surface area contributed by atoms with E-state index in [0.29, 0.717) is 22.1 Å². The molecule has 0 bridgehead atoms. The van der Waals surface area contributed by atoms with E-state index in [1.807, 2.05) is 18.2 Å². The SMILES string of the molecule is CC(=O)Nc1nnc([C@@H]2CCC(Cc3nnc(NC(=O)Cc4ccccn4)s3)C2)s1. The summed E-state index contributed by atoms with van der Waals surface area (Å²) in [5.74, 6) is 0.568. The zero-order chi connectivity index (χ0) is 20.9. The highest BCUT2D eigenvalue weighted by Crippen LogP contribution is 2.41. The second-order valence-electron chi connectivity index (χ2n) is 7.25. The first kappa shape index (κ1) is 20.5. The Kier molecular flexibility index (Phi) is 6.38. The van der Waals surface area contributed by atoms with Crippen molar-refractivity contribution >= 4 is 44.8 Å². The second kappa shape index (κ2) is 9.35. The van der Waals surface area contributed by atoms with Gasteiger partial charge in [-0.2, -0.15) is 0 Å². The van der Waals surface area contributed by atoms with Crippen molar-refractivity contribution in [2.75, 3.05) is 10.6 Å². The molecule has 0 radical (unpaired) electrons. The Morgan fingerprint density at radius 1 is 1.07 bits per heavy atom. The summed E-state index contributed by atoms with van der Waals surface area (Å²) in [5, 5.41) is 25.1. The van der Waals surface area contributed by atoms with Crippen LogP contribution >= 0.6 is 22.7 Å². The summed E-state index contributed by atoms with van der Waals surface area (Å²) in [6, 6.07) is 5.49. The average Bonchev–Trinajstić information content (AvgIpc) is 3.44. The molecular weight excluding hydrogens is 422 g/mol. The van der Waals surface area contributed by atoms with Crippen LogP contribution < -0.4 is 10.6 Å². The van der Waals surface area contributed by atoms with Gasteiger partial charge in [-0.15, -0.1) is 20.4 Å². The van der Waals surface area contributed by atoms with Gasteiger partial charge >= 0.3 is 0 Å². The number of carbonyl (C=O) groups is 2. The summed E-state index contributed by atoms with van der Waals surface area (Å²) >= 11 is 2.87. The third kappa shape index (κ3) is 5.42. The summed E-state index contributed by atoms with van der Waals surface area (Å²) in [5.41, 5.74) is 0.718.